The van der Waals surface area contributed by atoms with Crippen LogP contribution < -0.4 is 10.2 Å². The van der Waals surface area contributed by atoms with Crippen LogP contribution in [0, 0.1) is 0 Å². The summed E-state index contributed by atoms with van der Waals surface area (Å²) in [6.07, 6.45) is -0.282. The molecule has 88 valence electrons. The highest BCUT2D eigenvalue weighted by Crippen LogP contribution is 2.24. The van der Waals surface area contributed by atoms with Gasteiger partial charge in [-0.1, -0.05) is 0 Å². The number of aliphatic hydroxyl groups is 2. The molecule has 1 aliphatic rings. The lowest BCUT2D eigenvalue weighted by Gasteiger charge is -2.35. The monoisotopic (exact) mass is 243 g/mol. The van der Waals surface area contributed by atoms with Crippen LogP contribution in [0.4, 0.5) is 5.13 Å². The molecule has 6 nitrogen and oxygen atoms in total. The van der Waals surface area contributed by atoms with Crippen molar-refractivity contribution in [2.45, 2.75) is 6.10 Å². The Labute approximate surface area is 96.5 Å². The second kappa shape index (κ2) is 4.77. The number of carbonyl (C=O) groups is 1. The smallest absolute Gasteiger partial charge is 0.270 e. The molecule has 1 amide bonds. The fourth-order valence-electron chi connectivity index (χ4n) is 1.39. The highest BCUT2D eigenvalue weighted by atomic mass is 32.1. The van der Waals surface area contributed by atoms with Gasteiger partial charge in [0.05, 0.1) is 12.7 Å². The largest absolute Gasteiger partial charge is 0.395 e. The molecular formula is C9H13N3O3S. The second-order valence-electron chi connectivity index (χ2n) is 3.55. The van der Waals surface area contributed by atoms with Gasteiger partial charge in [-0.3, -0.25) is 4.79 Å². The summed E-state index contributed by atoms with van der Waals surface area (Å²) in [4.78, 5) is 17.5. The molecule has 0 radical (unpaired) electrons. The molecule has 1 aliphatic heterocycles. The standard InChI is InChI=1S/C9H13N3O3S/c13-2-1-10-8(15)7-5-16-9(11-7)12-3-6(14)4-12/h5-6,13-14H,1-4H2,(H,10,15). The molecular weight excluding hydrogens is 230 g/mol. The third-order valence-corrected chi connectivity index (χ3v) is 3.16. The van der Waals surface area contributed by atoms with E-state index in [0.717, 1.165) is 5.13 Å². The van der Waals surface area contributed by atoms with E-state index in [9.17, 15) is 4.79 Å². The van der Waals surface area contributed by atoms with Crippen molar-refractivity contribution in [1.29, 1.82) is 0 Å². The van der Waals surface area contributed by atoms with Gasteiger partial charge in [0.15, 0.2) is 5.13 Å². The average molecular weight is 243 g/mol. The molecule has 2 heterocycles. The summed E-state index contributed by atoms with van der Waals surface area (Å²) < 4.78 is 0. The van der Waals surface area contributed by atoms with E-state index in [2.05, 4.69) is 10.3 Å². The number of rotatable bonds is 4. The zero-order valence-corrected chi connectivity index (χ0v) is 9.40. The zero-order chi connectivity index (χ0) is 11.5. The van der Waals surface area contributed by atoms with Crippen LogP contribution in [0.3, 0.4) is 0 Å². The number of aliphatic hydroxyl groups excluding tert-OH is 2. The van der Waals surface area contributed by atoms with E-state index in [1.165, 1.54) is 11.3 Å². The fraction of sp³-hybridized carbons (Fsp3) is 0.556. The van der Waals surface area contributed by atoms with Crippen molar-refractivity contribution in [3.8, 4) is 0 Å². The molecule has 2 rings (SSSR count). The van der Waals surface area contributed by atoms with Gasteiger partial charge in [0.1, 0.15) is 5.69 Å². The molecule has 0 aliphatic carbocycles. The van der Waals surface area contributed by atoms with Crippen LogP contribution >= 0.6 is 11.3 Å². The number of aromatic nitrogens is 1. The molecule has 0 saturated carbocycles. The van der Waals surface area contributed by atoms with Gasteiger partial charge >= 0.3 is 0 Å². The van der Waals surface area contributed by atoms with Gasteiger partial charge in [-0.05, 0) is 0 Å². The normalized spacial score (nSPS) is 16.0. The van der Waals surface area contributed by atoms with E-state index in [-0.39, 0.29) is 25.2 Å². The molecule has 1 saturated heterocycles. The number of amides is 1. The van der Waals surface area contributed by atoms with E-state index in [0.29, 0.717) is 18.8 Å². The molecule has 0 aromatic carbocycles. The van der Waals surface area contributed by atoms with Crippen LogP contribution in [0.15, 0.2) is 5.38 Å². The summed E-state index contributed by atoms with van der Waals surface area (Å²) >= 11 is 1.38. The number of anilines is 1. The van der Waals surface area contributed by atoms with Gasteiger partial charge in [0, 0.05) is 25.0 Å². The van der Waals surface area contributed by atoms with Gasteiger partial charge in [0.25, 0.3) is 5.91 Å². The molecule has 1 aromatic heterocycles. The highest BCUT2D eigenvalue weighted by Gasteiger charge is 2.27. The summed E-state index contributed by atoms with van der Waals surface area (Å²) in [5.74, 6) is -0.280. The van der Waals surface area contributed by atoms with Crippen LogP contribution in [-0.4, -0.2) is 53.4 Å². The van der Waals surface area contributed by atoms with Crippen molar-refractivity contribution in [1.82, 2.24) is 10.3 Å². The SMILES string of the molecule is O=C(NCCO)c1csc(N2CC(O)C2)n1. The molecule has 0 spiro atoms. The Balaban J connectivity index is 1.94. The fourth-order valence-corrected chi connectivity index (χ4v) is 2.21. The maximum Gasteiger partial charge on any atom is 0.270 e. The van der Waals surface area contributed by atoms with Gasteiger partial charge in [-0.25, -0.2) is 4.98 Å². The number of thiazole rings is 1. The molecule has 0 unspecified atom stereocenters. The Morgan fingerprint density at radius 1 is 1.69 bits per heavy atom. The maximum atomic E-state index is 11.5. The van der Waals surface area contributed by atoms with Gasteiger partial charge in [0.2, 0.25) is 0 Å². The first-order chi connectivity index (χ1) is 7.70. The lowest BCUT2D eigenvalue weighted by Crippen LogP contribution is -2.50. The van der Waals surface area contributed by atoms with Crippen molar-refractivity contribution in [2.75, 3.05) is 31.1 Å². The minimum absolute atomic E-state index is 0.0823. The summed E-state index contributed by atoms with van der Waals surface area (Å²) in [7, 11) is 0. The first kappa shape index (κ1) is 11.3. The molecule has 16 heavy (non-hydrogen) atoms. The Morgan fingerprint density at radius 3 is 3.06 bits per heavy atom. The van der Waals surface area contributed by atoms with E-state index in [1.807, 2.05) is 4.90 Å². The van der Waals surface area contributed by atoms with Crippen molar-refractivity contribution < 1.29 is 15.0 Å². The third-order valence-electron chi connectivity index (χ3n) is 2.25. The first-order valence-corrected chi connectivity index (χ1v) is 5.86. The van der Waals surface area contributed by atoms with Crippen molar-refractivity contribution in [3.63, 3.8) is 0 Å². The molecule has 0 bridgehead atoms. The summed E-state index contributed by atoms with van der Waals surface area (Å²) in [5.41, 5.74) is 0.356. The summed E-state index contributed by atoms with van der Waals surface area (Å²) in [5, 5.41) is 22.7. The highest BCUT2D eigenvalue weighted by molar-refractivity contribution is 7.14. The number of carbonyl (C=O) groups excluding carboxylic acids is 1. The summed E-state index contributed by atoms with van der Waals surface area (Å²) in [6, 6.07) is 0. The molecule has 7 heteroatoms. The minimum Gasteiger partial charge on any atom is -0.395 e. The second-order valence-corrected chi connectivity index (χ2v) is 4.39. The van der Waals surface area contributed by atoms with Crippen LogP contribution in [0.1, 0.15) is 10.5 Å². The van der Waals surface area contributed by atoms with Crippen molar-refractivity contribution >= 4 is 22.4 Å². The predicted octanol–water partition coefficient (Wildman–Crippen LogP) is -0.954. The summed E-state index contributed by atoms with van der Waals surface area (Å²) in [6.45, 7) is 1.30. The predicted molar refractivity (Wildman–Crippen MR) is 59.8 cm³/mol. The van der Waals surface area contributed by atoms with E-state index in [4.69, 9.17) is 10.2 Å². The van der Waals surface area contributed by atoms with E-state index in [1.54, 1.807) is 5.38 Å². The van der Waals surface area contributed by atoms with Gasteiger partial charge in [-0.2, -0.15) is 0 Å². The van der Waals surface area contributed by atoms with E-state index < -0.39 is 0 Å². The number of hydrogen-bond acceptors (Lipinski definition) is 6. The Hall–Kier alpha value is -1.18. The lowest BCUT2D eigenvalue weighted by molar-refractivity contribution is 0.0940. The lowest BCUT2D eigenvalue weighted by atomic mass is 10.2. The average Bonchev–Trinajstić information content (AvgIpc) is 2.70. The Morgan fingerprint density at radius 2 is 2.44 bits per heavy atom. The minimum atomic E-state index is -0.282. The molecule has 1 aromatic rings. The van der Waals surface area contributed by atoms with Crippen LogP contribution in [0.25, 0.3) is 0 Å². The Kier molecular flexibility index (Phi) is 3.37. The number of nitrogens with zero attached hydrogens (tertiary/aromatic N) is 2. The van der Waals surface area contributed by atoms with Gasteiger partial charge in [-0.15, -0.1) is 11.3 Å². The van der Waals surface area contributed by atoms with Gasteiger partial charge < -0.3 is 20.4 Å². The van der Waals surface area contributed by atoms with Crippen molar-refractivity contribution in [3.05, 3.63) is 11.1 Å². The topological polar surface area (TPSA) is 85.7 Å². The van der Waals surface area contributed by atoms with Crippen LogP contribution in [0.2, 0.25) is 0 Å². The van der Waals surface area contributed by atoms with Crippen molar-refractivity contribution in [2.24, 2.45) is 0 Å². The number of β-amino-alcohol motifs (C(OH)–C–C–N with tert-alkyl or cyclic N) is 1. The maximum absolute atomic E-state index is 11.5. The van der Waals surface area contributed by atoms with E-state index >= 15 is 0 Å². The number of hydrogen-bond donors (Lipinski definition) is 3. The third kappa shape index (κ3) is 2.31. The number of nitrogens with one attached hydrogen (secondary N) is 1. The van der Waals surface area contributed by atoms with Crippen LogP contribution in [0.5, 0.6) is 0 Å². The molecule has 1 fully saturated rings. The molecule has 3 N–H and O–H groups in total. The van der Waals surface area contributed by atoms with Crippen LogP contribution in [-0.2, 0) is 0 Å². The zero-order valence-electron chi connectivity index (χ0n) is 8.59. The Bertz CT molecular complexity index is 376. The first-order valence-electron chi connectivity index (χ1n) is 4.98. The quantitative estimate of drug-likeness (QED) is 0.634. The molecule has 0 atom stereocenters.